The third kappa shape index (κ3) is 4.21. The molecule has 0 aliphatic carbocycles. The van der Waals surface area contributed by atoms with Gasteiger partial charge >= 0.3 is 6.09 Å². The summed E-state index contributed by atoms with van der Waals surface area (Å²) < 4.78 is 5.50. The van der Waals surface area contributed by atoms with Crippen molar-refractivity contribution < 1.29 is 14.6 Å². The molecule has 2 atom stereocenters. The lowest BCUT2D eigenvalue weighted by atomic mass is 10.0. The summed E-state index contributed by atoms with van der Waals surface area (Å²) in [6, 6.07) is 10.1. The fourth-order valence-electron chi connectivity index (χ4n) is 2.84. The summed E-state index contributed by atoms with van der Waals surface area (Å²) in [7, 11) is 0. The number of aliphatic hydroxyl groups excluding tert-OH is 1. The van der Waals surface area contributed by atoms with Crippen LogP contribution in [0.25, 0.3) is 0 Å². The second-order valence-corrected chi connectivity index (χ2v) is 6.64. The highest BCUT2D eigenvalue weighted by atomic mass is 16.6. The van der Waals surface area contributed by atoms with Gasteiger partial charge in [0.25, 0.3) is 0 Å². The molecule has 1 heterocycles. The van der Waals surface area contributed by atoms with E-state index in [1.165, 1.54) is 5.56 Å². The Hall–Kier alpha value is -1.55. The first kappa shape index (κ1) is 15.8. The van der Waals surface area contributed by atoms with E-state index in [1.54, 1.807) is 4.90 Å². The molecule has 2 rings (SSSR count). The average molecular weight is 291 g/mol. The van der Waals surface area contributed by atoms with Crippen LogP contribution in [-0.4, -0.2) is 40.4 Å². The van der Waals surface area contributed by atoms with E-state index in [4.69, 9.17) is 4.74 Å². The second kappa shape index (κ2) is 6.48. The van der Waals surface area contributed by atoms with E-state index >= 15 is 0 Å². The van der Waals surface area contributed by atoms with E-state index in [2.05, 4.69) is 12.1 Å². The number of aliphatic hydroxyl groups is 1. The standard InChI is InChI=1S/C17H25NO3/c1-17(2,3)21-16(20)18-14(9-10-15(18)12-19)11-13-7-5-4-6-8-13/h4-8,14-15,19H,9-12H2,1-3H3. The third-order valence-electron chi connectivity index (χ3n) is 3.75. The van der Waals surface area contributed by atoms with Crippen LogP contribution in [0.2, 0.25) is 0 Å². The quantitative estimate of drug-likeness (QED) is 0.931. The van der Waals surface area contributed by atoms with Crippen molar-refractivity contribution in [2.75, 3.05) is 6.61 Å². The minimum absolute atomic E-state index is 0.00939. The third-order valence-corrected chi connectivity index (χ3v) is 3.75. The molecule has 2 unspecified atom stereocenters. The predicted octanol–water partition coefficient (Wildman–Crippen LogP) is 2.99. The minimum atomic E-state index is -0.517. The molecular weight excluding hydrogens is 266 g/mol. The highest BCUT2D eigenvalue weighted by molar-refractivity contribution is 5.69. The number of ether oxygens (including phenoxy) is 1. The van der Waals surface area contributed by atoms with Gasteiger partial charge < -0.3 is 9.84 Å². The maximum absolute atomic E-state index is 12.4. The molecule has 0 radical (unpaired) electrons. The van der Waals surface area contributed by atoms with E-state index in [0.717, 1.165) is 19.3 Å². The number of rotatable bonds is 3. The van der Waals surface area contributed by atoms with Crippen molar-refractivity contribution in [2.24, 2.45) is 0 Å². The van der Waals surface area contributed by atoms with Gasteiger partial charge in [-0.15, -0.1) is 0 Å². The van der Waals surface area contributed by atoms with Crippen LogP contribution in [0.1, 0.15) is 39.2 Å². The molecule has 116 valence electrons. The zero-order valence-electron chi connectivity index (χ0n) is 13.1. The molecule has 0 spiro atoms. The Bertz CT molecular complexity index is 467. The van der Waals surface area contributed by atoms with Crippen LogP contribution in [-0.2, 0) is 11.2 Å². The van der Waals surface area contributed by atoms with Crippen LogP contribution < -0.4 is 0 Å². The SMILES string of the molecule is CC(C)(C)OC(=O)N1C(CO)CCC1Cc1ccccc1. The number of hydrogen-bond donors (Lipinski definition) is 1. The van der Waals surface area contributed by atoms with E-state index in [-0.39, 0.29) is 24.8 Å². The van der Waals surface area contributed by atoms with Crippen molar-refractivity contribution in [2.45, 2.75) is 57.7 Å². The number of carbonyl (C=O) groups is 1. The predicted molar refractivity (Wildman–Crippen MR) is 82.1 cm³/mol. The van der Waals surface area contributed by atoms with Crippen LogP contribution in [0.3, 0.4) is 0 Å². The number of benzene rings is 1. The largest absolute Gasteiger partial charge is 0.444 e. The molecule has 0 saturated carbocycles. The first-order valence-electron chi connectivity index (χ1n) is 7.57. The summed E-state index contributed by atoms with van der Waals surface area (Å²) >= 11 is 0. The zero-order valence-corrected chi connectivity index (χ0v) is 13.1. The van der Waals surface area contributed by atoms with Crippen molar-refractivity contribution >= 4 is 6.09 Å². The number of carbonyl (C=O) groups excluding carboxylic acids is 1. The summed E-state index contributed by atoms with van der Waals surface area (Å²) in [5, 5.41) is 9.52. The van der Waals surface area contributed by atoms with Crippen molar-refractivity contribution in [3.8, 4) is 0 Å². The molecule has 4 heteroatoms. The number of likely N-dealkylation sites (tertiary alicyclic amines) is 1. The Kier molecular flexibility index (Phi) is 4.88. The van der Waals surface area contributed by atoms with Crippen molar-refractivity contribution in [1.29, 1.82) is 0 Å². The Balaban J connectivity index is 2.11. The Morgan fingerprint density at radius 1 is 1.24 bits per heavy atom. The molecule has 1 aromatic carbocycles. The minimum Gasteiger partial charge on any atom is -0.444 e. The van der Waals surface area contributed by atoms with Gasteiger partial charge in [-0.1, -0.05) is 30.3 Å². The van der Waals surface area contributed by atoms with Crippen LogP contribution in [0.5, 0.6) is 0 Å². The first-order chi connectivity index (χ1) is 9.90. The highest BCUT2D eigenvalue weighted by Gasteiger charge is 2.38. The molecule has 0 aromatic heterocycles. The van der Waals surface area contributed by atoms with Gasteiger partial charge in [0.05, 0.1) is 12.6 Å². The summed E-state index contributed by atoms with van der Waals surface area (Å²) in [5.74, 6) is 0. The lowest BCUT2D eigenvalue weighted by molar-refractivity contribution is 0.00900. The first-order valence-corrected chi connectivity index (χ1v) is 7.57. The average Bonchev–Trinajstić information content (AvgIpc) is 2.81. The molecule has 1 aromatic rings. The smallest absolute Gasteiger partial charge is 0.410 e. The maximum atomic E-state index is 12.4. The molecular formula is C17H25NO3. The second-order valence-electron chi connectivity index (χ2n) is 6.64. The van der Waals surface area contributed by atoms with Crippen LogP contribution in [0.4, 0.5) is 4.79 Å². The molecule has 1 fully saturated rings. The number of amides is 1. The van der Waals surface area contributed by atoms with Gasteiger partial charge in [-0.05, 0) is 45.6 Å². The topological polar surface area (TPSA) is 49.8 Å². The molecule has 1 N–H and O–H groups in total. The van der Waals surface area contributed by atoms with Crippen LogP contribution in [0, 0.1) is 0 Å². The van der Waals surface area contributed by atoms with E-state index in [0.29, 0.717) is 0 Å². The Morgan fingerprint density at radius 3 is 2.43 bits per heavy atom. The molecule has 21 heavy (non-hydrogen) atoms. The van der Waals surface area contributed by atoms with Crippen LogP contribution >= 0.6 is 0 Å². The lowest BCUT2D eigenvalue weighted by Gasteiger charge is -2.32. The summed E-state index contributed by atoms with van der Waals surface area (Å²) in [6.45, 7) is 5.58. The fraction of sp³-hybridized carbons (Fsp3) is 0.588. The van der Waals surface area contributed by atoms with Gasteiger partial charge in [0.1, 0.15) is 5.60 Å². The molecule has 1 amide bonds. The summed E-state index contributed by atoms with van der Waals surface area (Å²) in [6.07, 6.45) is 2.21. The molecule has 0 bridgehead atoms. The molecule has 1 aliphatic rings. The van der Waals surface area contributed by atoms with Crippen molar-refractivity contribution in [1.82, 2.24) is 4.90 Å². The van der Waals surface area contributed by atoms with E-state index in [1.807, 2.05) is 39.0 Å². The maximum Gasteiger partial charge on any atom is 0.410 e. The molecule has 1 saturated heterocycles. The van der Waals surface area contributed by atoms with Gasteiger partial charge in [-0.3, -0.25) is 4.90 Å². The van der Waals surface area contributed by atoms with Crippen LogP contribution in [0.15, 0.2) is 30.3 Å². The van der Waals surface area contributed by atoms with Gasteiger partial charge in [0.2, 0.25) is 0 Å². The van der Waals surface area contributed by atoms with Gasteiger partial charge in [0, 0.05) is 6.04 Å². The fourth-order valence-corrected chi connectivity index (χ4v) is 2.84. The normalized spacial score (nSPS) is 22.4. The summed E-state index contributed by atoms with van der Waals surface area (Å²) in [5.41, 5.74) is 0.686. The molecule has 4 nitrogen and oxygen atoms in total. The number of hydrogen-bond acceptors (Lipinski definition) is 3. The van der Waals surface area contributed by atoms with Crippen molar-refractivity contribution in [3.63, 3.8) is 0 Å². The van der Waals surface area contributed by atoms with Gasteiger partial charge in [-0.2, -0.15) is 0 Å². The highest BCUT2D eigenvalue weighted by Crippen LogP contribution is 2.28. The van der Waals surface area contributed by atoms with E-state index in [9.17, 15) is 9.90 Å². The Morgan fingerprint density at radius 2 is 1.86 bits per heavy atom. The van der Waals surface area contributed by atoms with Gasteiger partial charge in [0.15, 0.2) is 0 Å². The summed E-state index contributed by atoms with van der Waals surface area (Å²) in [4.78, 5) is 14.2. The van der Waals surface area contributed by atoms with Crippen molar-refractivity contribution in [3.05, 3.63) is 35.9 Å². The van der Waals surface area contributed by atoms with E-state index < -0.39 is 5.60 Å². The zero-order chi connectivity index (χ0) is 15.5. The monoisotopic (exact) mass is 291 g/mol. The van der Waals surface area contributed by atoms with Gasteiger partial charge in [-0.25, -0.2) is 4.79 Å². The Labute approximate surface area is 126 Å². The molecule has 1 aliphatic heterocycles. The number of nitrogens with zero attached hydrogens (tertiary/aromatic N) is 1. The lowest BCUT2D eigenvalue weighted by Crippen LogP contribution is -2.46.